The normalized spacial score (nSPS) is 10.0. The Hall–Kier alpha value is -1.81. The molecular weight excluding hydrogens is 218 g/mol. The van der Waals surface area contributed by atoms with Crippen molar-refractivity contribution in [1.29, 1.82) is 0 Å². The Balaban J connectivity index is 2.94. The van der Waals surface area contributed by atoms with Crippen LogP contribution in [0.4, 0.5) is 5.69 Å². The molecule has 0 saturated carbocycles. The fourth-order valence-electron chi connectivity index (χ4n) is 1.43. The lowest BCUT2D eigenvalue weighted by atomic mass is 10.1. The van der Waals surface area contributed by atoms with Crippen LogP contribution in [0.2, 0.25) is 0 Å². The molecule has 0 aliphatic heterocycles. The van der Waals surface area contributed by atoms with Crippen LogP contribution in [0.15, 0.2) is 30.4 Å². The van der Waals surface area contributed by atoms with Crippen LogP contribution in [0.25, 0.3) is 0 Å². The molecule has 0 saturated heterocycles. The highest BCUT2D eigenvalue weighted by Gasteiger charge is 2.11. The van der Waals surface area contributed by atoms with Crippen molar-refractivity contribution in [2.24, 2.45) is 0 Å². The summed E-state index contributed by atoms with van der Waals surface area (Å²) in [6.45, 7) is 5.21. The number of benzene rings is 1. The minimum atomic E-state index is -0.322. The van der Waals surface area contributed by atoms with E-state index in [2.05, 4.69) is 11.9 Å². The number of hydrogen-bond donors (Lipinski definition) is 3. The van der Waals surface area contributed by atoms with E-state index in [-0.39, 0.29) is 18.3 Å². The standard InChI is InChI=1S/C13H17NO3/c1-9(2)13(17)14-12-10(6-4-8-15)5-3-7-11(12)16/h3,5,7,15-16H,1,4,6,8H2,2H3,(H,14,17). The van der Waals surface area contributed by atoms with Gasteiger partial charge >= 0.3 is 0 Å². The van der Waals surface area contributed by atoms with Crippen LogP contribution in [-0.2, 0) is 11.2 Å². The first kappa shape index (κ1) is 13.3. The lowest BCUT2D eigenvalue weighted by molar-refractivity contribution is -0.112. The number of nitrogens with one attached hydrogen (secondary N) is 1. The summed E-state index contributed by atoms with van der Waals surface area (Å²) in [5.74, 6) is -0.299. The van der Waals surface area contributed by atoms with Gasteiger partial charge in [0.25, 0.3) is 5.91 Å². The van der Waals surface area contributed by atoms with E-state index >= 15 is 0 Å². The number of amides is 1. The van der Waals surface area contributed by atoms with Gasteiger partial charge < -0.3 is 15.5 Å². The number of carbonyl (C=O) groups excluding carboxylic acids is 1. The number of hydrogen-bond acceptors (Lipinski definition) is 3. The number of para-hydroxylation sites is 1. The van der Waals surface area contributed by atoms with Crippen LogP contribution >= 0.6 is 0 Å². The van der Waals surface area contributed by atoms with Crippen molar-refractivity contribution >= 4 is 11.6 Å². The van der Waals surface area contributed by atoms with Gasteiger partial charge in [-0.15, -0.1) is 0 Å². The lowest BCUT2D eigenvalue weighted by Crippen LogP contribution is -2.13. The number of aryl methyl sites for hydroxylation is 1. The van der Waals surface area contributed by atoms with Gasteiger partial charge in [-0.1, -0.05) is 18.7 Å². The van der Waals surface area contributed by atoms with E-state index in [4.69, 9.17) is 5.11 Å². The molecule has 17 heavy (non-hydrogen) atoms. The molecule has 4 nitrogen and oxygen atoms in total. The van der Waals surface area contributed by atoms with Gasteiger partial charge in [-0.2, -0.15) is 0 Å². The quantitative estimate of drug-likeness (QED) is 0.538. The first-order valence-electron chi connectivity index (χ1n) is 5.45. The molecule has 0 aromatic heterocycles. The highest BCUT2D eigenvalue weighted by molar-refractivity contribution is 6.04. The van der Waals surface area contributed by atoms with Crippen molar-refractivity contribution < 1.29 is 15.0 Å². The van der Waals surface area contributed by atoms with E-state index in [1.54, 1.807) is 13.0 Å². The molecule has 4 heteroatoms. The van der Waals surface area contributed by atoms with Crippen LogP contribution in [-0.4, -0.2) is 22.7 Å². The Bertz CT molecular complexity index is 427. The number of carbonyl (C=O) groups is 1. The van der Waals surface area contributed by atoms with Gasteiger partial charge in [-0.3, -0.25) is 4.79 Å². The maximum Gasteiger partial charge on any atom is 0.250 e. The van der Waals surface area contributed by atoms with Gasteiger partial charge in [0.15, 0.2) is 0 Å². The molecule has 0 aliphatic rings. The molecule has 0 radical (unpaired) electrons. The Labute approximate surface area is 101 Å². The molecule has 0 heterocycles. The molecule has 0 spiro atoms. The Morgan fingerprint density at radius 3 is 2.76 bits per heavy atom. The average Bonchev–Trinajstić information content (AvgIpc) is 2.29. The van der Waals surface area contributed by atoms with Crippen molar-refractivity contribution in [1.82, 2.24) is 0 Å². The molecule has 1 aromatic rings. The zero-order chi connectivity index (χ0) is 12.8. The molecule has 1 aromatic carbocycles. The largest absolute Gasteiger partial charge is 0.506 e. The summed E-state index contributed by atoms with van der Waals surface area (Å²) in [7, 11) is 0. The summed E-state index contributed by atoms with van der Waals surface area (Å²) in [4.78, 5) is 11.5. The smallest absolute Gasteiger partial charge is 0.250 e. The number of aliphatic hydroxyl groups is 1. The molecule has 0 aliphatic carbocycles. The van der Waals surface area contributed by atoms with Crippen molar-refractivity contribution in [2.75, 3.05) is 11.9 Å². The van der Waals surface area contributed by atoms with Crippen LogP contribution < -0.4 is 5.32 Å². The molecule has 0 unspecified atom stereocenters. The maximum atomic E-state index is 11.5. The molecule has 1 amide bonds. The lowest BCUT2D eigenvalue weighted by Gasteiger charge is -2.12. The predicted molar refractivity (Wildman–Crippen MR) is 67.0 cm³/mol. The topological polar surface area (TPSA) is 69.6 Å². The van der Waals surface area contributed by atoms with Gasteiger partial charge in [0.05, 0.1) is 5.69 Å². The van der Waals surface area contributed by atoms with Crippen molar-refractivity contribution in [2.45, 2.75) is 19.8 Å². The number of phenolic OH excluding ortho intramolecular Hbond substituents is 1. The van der Waals surface area contributed by atoms with Crippen LogP contribution in [0.1, 0.15) is 18.9 Å². The third-order valence-electron chi connectivity index (χ3n) is 2.36. The van der Waals surface area contributed by atoms with Gasteiger partial charge in [0.1, 0.15) is 5.75 Å². The van der Waals surface area contributed by atoms with E-state index in [1.165, 1.54) is 6.07 Å². The molecule has 1 rings (SSSR count). The minimum absolute atomic E-state index is 0.0232. The van der Waals surface area contributed by atoms with E-state index in [0.29, 0.717) is 24.1 Å². The molecule has 3 N–H and O–H groups in total. The van der Waals surface area contributed by atoms with Gasteiger partial charge in [0, 0.05) is 12.2 Å². The fourth-order valence-corrected chi connectivity index (χ4v) is 1.43. The third kappa shape index (κ3) is 3.60. The first-order valence-corrected chi connectivity index (χ1v) is 5.45. The zero-order valence-electron chi connectivity index (χ0n) is 9.86. The highest BCUT2D eigenvalue weighted by Crippen LogP contribution is 2.28. The van der Waals surface area contributed by atoms with Crippen molar-refractivity contribution in [3.63, 3.8) is 0 Å². The Morgan fingerprint density at radius 1 is 1.47 bits per heavy atom. The number of aromatic hydroxyl groups is 1. The summed E-state index contributed by atoms with van der Waals surface area (Å²) in [5, 5.41) is 21.1. The van der Waals surface area contributed by atoms with Crippen LogP contribution in [0.5, 0.6) is 5.75 Å². The second kappa shape index (κ2) is 6.06. The van der Waals surface area contributed by atoms with Crippen molar-refractivity contribution in [3.05, 3.63) is 35.9 Å². The maximum absolute atomic E-state index is 11.5. The Kier molecular flexibility index (Phi) is 4.72. The summed E-state index contributed by atoms with van der Waals surface area (Å²) in [6, 6.07) is 5.03. The monoisotopic (exact) mass is 235 g/mol. The summed E-state index contributed by atoms with van der Waals surface area (Å²) in [5.41, 5.74) is 1.57. The minimum Gasteiger partial charge on any atom is -0.506 e. The van der Waals surface area contributed by atoms with Crippen molar-refractivity contribution in [3.8, 4) is 5.75 Å². The van der Waals surface area contributed by atoms with E-state index < -0.39 is 0 Å². The zero-order valence-corrected chi connectivity index (χ0v) is 9.86. The molecule has 0 bridgehead atoms. The van der Waals surface area contributed by atoms with Gasteiger partial charge in [0.2, 0.25) is 0 Å². The summed E-state index contributed by atoms with van der Waals surface area (Å²) < 4.78 is 0. The van der Waals surface area contributed by atoms with Crippen LogP contribution in [0, 0.1) is 0 Å². The third-order valence-corrected chi connectivity index (χ3v) is 2.36. The number of rotatable bonds is 5. The molecule has 92 valence electrons. The number of phenols is 1. The molecule has 0 fully saturated rings. The number of aliphatic hydroxyl groups excluding tert-OH is 1. The van der Waals surface area contributed by atoms with Crippen LogP contribution in [0.3, 0.4) is 0 Å². The Morgan fingerprint density at radius 2 is 2.18 bits per heavy atom. The second-order valence-corrected chi connectivity index (χ2v) is 3.87. The molecule has 0 atom stereocenters. The van der Waals surface area contributed by atoms with E-state index in [9.17, 15) is 9.90 Å². The SMILES string of the molecule is C=C(C)C(=O)Nc1c(O)cccc1CCCO. The average molecular weight is 235 g/mol. The predicted octanol–water partition coefficient (Wildman–Crippen LogP) is 1.83. The number of anilines is 1. The second-order valence-electron chi connectivity index (χ2n) is 3.87. The fraction of sp³-hybridized carbons (Fsp3) is 0.308. The molecular formula is C13H17NO3. The van der Waals surface area contributed by atoms with E-state index in [1.807, 2.05) is 6.07 Å². The van der Waals surface area contributed by atoms with Gasteiger partial charge in [-0.25, -0.2) is 0 Å². The summed E-state index contributed by atoms with van der Waals surface area (Å²) >= 11 is 0. The first-order chi connectivity index (χ1) is 8.06. The van der Waals surface area contributed by atoms with E-state index in [0.717, 1.165) is 5.56 Å². The highest BCUT2D eigenvalue weighted by atomic mass is 16.3. The van der Waals surface area contributed by atoms with Gasteiger partial charge in [-0.05, 0) is 31.4 Å². The summed E-state index contributed by atoms with van der Waals surface area (Å²) in [6.07, 6.45) is 1.18.